The molecule has 4 heteroatoms. The number of ether oxygens (including phenoxy) is 1. The lowest BCUT2D eigenvalue weighted by Gasteiger charge is -2.16. The van der Waals surface area contributed by atoms with Gasteiger partial charge in [-0.1, -0.05) is 12.1 Å². The number of nitrogens with zero attached hydrogens (tertiary/aromatic N) is 1. The molecule has 0 fully saturated rings. The van der Waals surface area contributed by atoms with E-state index in [1.807, 2.05) is 44.3 Å². The van der Waals surface area contributed by atoms with Crippen LogP contribution in [0.4, 0.5) is 0 Å². The highest BCUT2D eigenvalue weighted by atomic mass is 79.9. The lowest BCUT2D eigenvalue weighted by molar-refractivity contribution is 0.409. The molecule has 0 atom stereocenters. The summed E-state index contributed by atoms with van der Waals surface area (Å²) >= 11 is 3.48. The van der Waals surface area contributed by atoms with Crippen LogP contribution in [0.1, 0.15) is 5.56 Å². The zero-order chi connectivity index (χ0) is 14.4. The highest BCUT2D eigenvalue weighted by molar-refractivity contribution is 9.10. The molecule has 20 heavy (non-hydrogen) atoms. The van der Waals surface area contributed by atoms with Gasteiger partial charge in [-0.2, -0.15) is 0 Å². The van der Waals surface area contributed by atoms with Gasteiger partial charge in [0.25, 0.3) is 0 Å². The van der Waals surface area contributed by atoms with E-state index >= 15 is 0 Å². The number of benzene rings is 2. The average Bonchev–Trinajstić information content (AvgIpc) is 2.45. The van der Waals surface area contributed by atoms with Crippen LogP contribution < -0.4 is 10.2 Å². The van der Waals surface area contributed by atoms with Crippen molar-refractivity contribution in [3.63, 3.8) is 0 Å². The Bertz CT molecular complexity index is 896. The largest absolute Gasteiger partial charge is 0.495 e. The molecule has 102 valence electrons. The normalized spacial score (nSPS) is 11.2. The van der Waals surface area contributed by atoms with Gasteiger partial charge in [-0.05, 0) is 41.1 Å². The molecule has 0 radical (unpaired) electrons. The highest BCUT2D eigenvalue weighted by Gasteiger charge is 2.15. The summed E-state index contributed by atoms with van der Waals surface area (Å²) < 4.78 is 8.28. The number of aryl methyl sites for hydroxylation is 2. The Morgan fingerprint density at radius 1 is 1.20 bits per heavy atom. The predicted octanol–water partition coefficient (Wildman–Crippen LogP) is 3.77. The van der Waals surface area contributed by atoms with Gasteiger partial charge in [0.2, 0.25) is 0 Å². The molecule has 0 aliphatic heterocycles. The second-order valence-electron chi connectivity index (χ2n) is 4.82. The number of hydrogen-bond acceptors (Lipinski definition) is 2. The maximum Gasteiger partial charge on any atom is 0.197 e. The Labute approximate surface area is 124 Å². The first kappa shape index (κ1) is 13.2. The van der Waals surface area contributed by atoms with Gasteiger partial charge < -0.3 is 9.30 Å². The smallest absolute Gasteiger partial charge is 0.197 e. The number of halogens is 1. The van der Waals surface area contributed by atoms with Crippen LogP contribution in [-0.4, -0.2) is 11.7 Å². The lowest BCUT2D eigenvalue weighted by atomic mass is 10.1. The molecule has 3 aromatic rings. The van der Waals surface area contributed by atoms with Crippen molar-refractivity contribution in [1.29, 1.82) is 0 Å². The Morgan fingerprint density at radius 3 is 2.60 bits per heavy atom. The molecule has 1 heterocycles. The van der Waals surface area contributed by atoms with E-state index in [4.69, 9.17) is 4.74 Å². The Balaban J connectivity index is 2.67. The molecular formula is C16H14BrNO2. The van der Waals surface area contributed by atoms with Crippen molar-refractivity contribution in [1.82, 2.24) is 4.57 Å². The molecule has 0 saturated heterocycles. The van der Waals surface area contributed by atoms with Gasteiger partial charge >= 0.3 is 0 Å². The van der Waals surface area contributed by atoms with E-state index in [9.17, 15) is 4.79 Å². The Hall–Kier alpha value is -1.81. The lowest BCUT2D eigenvalue weighted by Crippen LogP contribution is -2.10. The summed E-state index contributed by atoms with van der Waals surface area (Å²) in [5, 5.41) is 1.44. The topological polar surface area (TPSA) is 31.2 Å². The molecular weight excluding hydrogens is 318 g/mol. The minimum Gasteiger partial charge on any atom is -0.495 e. The number of aromatic nitrogens is 1. The molecule has 3 nitrogen and oxygen atoms in total. The van der Waals surface area contributed by atoms with Gasteiger partial charge in [0.05, 0.1) is 22.6 Å². The third-order valence-corrected chi connectivity index (χ3v) is 4.32. The molecule has 0 bridgehead atoms. The zero-order valence-corrected chi connectivity index (χ0v) is 13.1. The van der Waals surface area contributed by atoms with Crippen molar-refractivity contribution in [3.8, 4) is 5.75 Å². The fourth-order valence-corrected chi connectivity index (χ4v) is 3.52. The van der Waals surface area contributed by atoms with Crippen LogP contribution in [0.25, 0.3) is 21.8 Å². The number of pyridine rings is 1. The molecule has 0 aliphatic rings. The van der Waals surface area contributed by atoms with Gasteiger partial charge in [-0.25, -0.2) is 0 Å². The molecule has 0 spiro atoms. The Kier molecular flexibility index (Phi) is 3.05. The molecule has 0 saturated carbocycles. The van der Waals surface area contributed by atoms with Gasteiger partial charge in [0.15, 0.2) is 5.43 Å². The van der Waals surface area contributed by atoms with Crippen LogP contribution in [0, 0.1) is 6.92 Å². The molecule has 1 aromatic heterocycles. The SMILES string of the molecule is COc1c(Br)cc2c(=O)c3ccccc3n(C)c2c1C. The molecule has 0 amide bonds. The first-order valence-electron chi connectivity index (χ1n) is 6.30. The summed E-state index contributed by atoms with van der Waals surface area (Å²) in [6.45, 7) is 1.97. The van der Waals surface area contributed by atoms with Gasteiger partial charge in [0, 0.05) is 23.4 Å². The summed E-state index contributed by atoms with van der Waals surface area (Å²) in [5.41, 5.74) is 2.86. The van der Waals surface area contributed by atoms with Crippen LogP contribution in [0.15, 0.2) is 39.6 Å². The van der Waals surface area contributed by atoms with Crippen LogP contribution in [0.5, 0.6) is 5.75 Å². The van der Waals surface area contributed by atoms with Gasteiger partial charge in [-0.15, -0.1) is 0 Å². The summed E-state index contributed by atoms with van der Waals surface area (Å²) in [5.74, 6) is 0.766. The third kappa shape index (κ3) is 1.68. The van der Waals surface area contributed by atoms with E-state index in [-0.39, 0.29) is 5.43 Å². The van der Waals surface area contributed by atoms with Crippen LogP contribution >= 0.6 is 15.9 Å². The highest BCUT2D eigenvalue weighted by Crippen LogP contribution is 2.34. The van der Waals surface area contributed by atoms with E-state index in [2.05, 4.69) is 20.5 Å². The fraction of sp³-hybridized carbons (Fsp3) is 0.188. The number of hydrogen-bond donors (Lipinski definition) is 0. The number of rotatable bonds is 1. The van der Waals surface area contributed by atoms with E-state index in [0.29, 0.717) is 5.39 Å². The van der Waals surface area contributed by atoms with Crippen molar-refractivity contribution < 1.29 is 4.74 Å². The number of fused-ring (bicyclic) bond motifs is 2. The molecule has 0 aliphatic carbocycles. The quantitative estimate of drug-likeness (QED) is 0.635. The van der Waals surface area contributed by atoms with Crippen LogP contribution in [0.3, 0.4) is 0 Å². The first-order chi connectivity index (χ1) is 9.56. The van der Waals surface area contributed by atoms with Gasteiger partial charge in [-0.3, -0.25) is 4.79 Å². The monoisotopic (exact) mass is 331 g/mol. The summed E-state index contributed by atoms with van der Waals surface area (Å²) in [6.07, 6.45) is 0. The first-order valence-corrected chi connectivity index (χ1v) is 7.10. The predicted molar refractivity (Wildman–Crippen MR) is 85.7 cm³/mol. The average molecular weight is 332 g/mol. The van der Waals surface area contributed by atoms with Crippen molar-refractivity contribution in [2.75, 3.05) is 7.11 Å². The fourth-order valence-electron chi connectivity index (χ4n) is 2.83. The molecule has 0 N–H and O–H groups in total. The summed E-state index contributed by atoms with van der Waals surface area (Å²) in [6, 6.07) is 9.50. The van der Waals surface area contributed by atoms with E-state index in [1.54, 1.807) is 7.11 Å². The van der Waals surface area contributed by atoms with Crippen molar-refractivity contribution in [2.24, 2.45) is 7.05 Å². The minimum absolute atomic E-state index is 0.0557. The number of methoxy groups -OCH3 is 1. The maximum atomic E-state index is 12.7. The molecule has 3 rings (SSSR count). The third-order valence-electron chi connectivity index (χ3n) is 3.73. The standard InChI is InChI=1S/C16H14BrNO2/c1-9-14-11(8-12(17)16(9)20-3)15(19)10-6-4-5-7-13(10)18(14)2/h4-8H,1-3H3. The van der Waals surface area contributed by atoms with Gasteiger partial charge in [0.1, 0.15) is 5.75 Å². The second kappa shape index (κ2) is 4.63. The minimum atomic E-state index is 0.0557. The van der Waals surface area contributed by atoms with E-state index < -0.39 is 0 Å². The van der Waals surface area contributed by atoms with Crippen molar-refractivity contribution >= 4 is 37.7 Å². The summed E-state index contributed by atoms with van der Waals surface area (Å²) in [4.78, 5) is 12.7. The maximum absolute atomic E-state index is 12.7. The van der Waals surface area contributed by atoms with E-state index in [1.165, 1.54) is 0 Å². The number of para-hydroxylation sites is 1. The summed E-state index contributed by atoms with van der Waals surface area (Å²) in [7, 11) is 3.61. The molecule has 2 aromatic carbocycles. The van der Waals surface area contributed by atoms with Crippen molar-refractivity contribution in [2.45, 2.75) is 6.92 Å². The van der Waals surface area contributed by atoms with Crippen LogP contribution in [-0.2, 0) is 7.05 Å². The Morgan fingerprint density at radius 2 is 1.90 bits per heavy atom. The van der Waals surface area contributed by atoms with E-state index in [0.717, 1.165) is 32.2 Å². The van der Waals surface area contributed by atoms with Crippen molar-refractivity contribution in [3.05, 3.63) is 50.6 Å². The van der Waals surface area contributed by atoms with Crippen LogP contribution in [0.2, 0.25) is 0 Å². The second-order valence-corrected chi connectivity index (χ2v) is 5.67. The zero-order valence-electron chi connectivity index (χ0n) is 11.5. The molecule has 0 unspecified atom stereocenters.